The van der Waals surface area contributed by atoms with E-state index in [1.165, 1.54) is 17.0 Å². The van der Waals surface area contributed by atoms with Gasteiger partial charge in [0.15, 0.2) is 0 Å². The first-order chi connectivity index (χ1) is 17.1. The number of pyridine rings is 1. The summed E-state index contributed by atoms with van der Waals surface area (Å²) in [5.74, 6) is -2.20. The molecule has 2 aliphatic heterocycles. The molecule has 10 heteroatoms. The van der Waals surface area contributed by atoms with E-state index in [-0.39, 0.29) is 46.7 Å². The molecule has 3 atom stereocenters. The molecule has 1 saturated heterocycles. The first kappa shape index (κ1) is 25.2. The van der Waals surface area contributed by atoms with Gasteiger partial charge in [0, 0.05) is 37.3 Å². The van der Waals surface area contributed by atoms with Crippen molar-refractivity contribution in [1.29, 1.82) is 0 Å². The summed E-state index contributed by atoms with van der Waals surface area (Å²) in [7, 11) is 1.90. The molecule has 10 nitrogen and oxygen atoms in total. The number of amides is 1. The summed E-state index contributed by atoms with van der Waals surface area (Å²) in [4.78, 5) is 57.1. The van der Waals surface area contributed by atoms with Crippen LogP contribution in [0, 0.1) is 27.9 Å². The molecule has 0 spiro atoms. The average Bonchev–Trinajstić information content (AvgIpc) is 3.07. The summed E-state index contributed by atoms with van der Waals surface area (Å²) < 4.78 is 5.17. The van der Waals surface area contributed by atoms with E-state index in [0.717, 1.165) is 23.4 Å². The number of carbonyl (C=O) groups is 3. The topological polar surface area (TPSA) is 123 Å². The molecule has 0 aliphatic carbocycles. The van der Waals surface area contributed by atoms with Crippen LogP contribution in [0.15, 0.2) is 59.9 Å². The third-order valence-corrected chi connectivity index (χ3v) is 6.80. The first-order valence-electron chi connectivity index (χ1n) is 11.8. The number of benzene rings is 1. The van der Waals surface area contributed by atoms with E-state index in [4.69, 9.17) is 4.74 Å². The fraction of sp³-hybridized carbons (Fsp3) is 0.385. The van der Waals surface area contributed by atoms with E-state index >= 15 is 0 Å². The number of nitro benzene ring substituents is 1. The van der Waals surface area contributed by atoms with Crippen LogP contribution in [0.25, 0.3) is 0 Å². The molecule has 4 rings (SSSR count). The standard InChI is InChI=1S/C26H28N4O6/c1-15(2)21-22-16(3)20(14-28(4)13-18-7-5-6-12-27-18)23(29(22)24(21)31)26(33)36-25(32)17-8-10-19(11-9-17)30(34)35/h5-12,15-16,21-22H,13-14H2,1-4H3/t16-,21+,22+/m0/s1. The van der Waals surface area contributed by atoms with Gasteiger partial charge in [-0.1, -0.05) is 26.8 Å². The van der Waals surface area contributed by atoms with Gasteiger partial charge in [0.25, 0.3) is 5.69 Å². The molecule has 188 valence electrons. The number of esters is 2. The number of ether oxygens (including phenoxy) is 1. The van der Waals surface area contributed by atoms with E-state index < -0.39 is 16.9 Å². The van der Waals surface area contributed by atoms with E-state index in [9.17, 15) is 24.5 Å². The number of hydrogen-bond donors (Lipinski definition) is 0. The molecule has 0 unspecified atom stereocenters. The van der Waals surface area contributed by atoms with Crippen LogP contribution in [0.5, 0.6) is 0 Å². The normalized spacial score (nSPS) is 21.0. The number of hydrogen-bond acceptors (Lipinski definition) is 8. The lowest BCUT2D eigenvalue weighted by Gasteiger charge is -2.47. The highest BCUT2D eigenvalue weighted by atomic mass is 16.6. The van der Waals surface area contributed by atoms with E-state index in [2.05, 4.69) is 4.98 Å². The van der Waals surface area contributed by atoms with Gasteiger partial charge in [0.1, 0.15) is 5.70 Å². The van der Waals surface area contributed by atoms with Gasteiger partial charge in [0.05, 0.1) is 28.1 Å². The molecule has 0 bridgehead atoms. The predicted octanol–water partition coefficient (Wildman–Crippen LogP) is 3.19. The number of non-ortho nitro benzene ring substituents is 1. The van der Waals surface area contributed by atoms with E-state index in [1.54, 1.807) is 6.20 Å². The van der Waals surface area contributed by atoms with Crippen molar-refractivity contribution in [2.75, 3.05) is 13.6 Å². The van der Waals surface area contributed by atoms with Crippen molar-refractivity contribution in [3.63, 3.8) is 0 Å². The highest BCUT2D eigenvalue weighted by Crippen LogP contribution is 2.48. The van der Waals surface area contributed by atoms with Crippen LogP contribution in [0.1, 0.15) is 36.8 Å². The Morgan fingerprint density at radius 3 is 2.42 bits per heavy atom. The molecular weight excluding hydrogens is 464 g/mol. The minimum absolute atomic E-state index is 0.000887. The highest BCUT2D eigenvalue weighted by molar-refractivity contribution is 6.06. The first-order valence-corrected chi connectivity index (χ1v) is 11.8. The van der Waals surface area contributed by atoms with Crippen molar-refractivity contribution in [2.24, 2.45) is 17.8 Å². The Balaban J connectivity index is 1.59. The van der Waals surface area contributed by atoms with Gasteiger partial charge in [-0.15, -0.1) is 0 Å². The highest BCUT2D eigenvalue weighted by Gasteiger charge is 2.59. The summed E-state index contributed by atoms with van der Waals surface area (Å²) in [6.07, 6.45) is 1.71. The van der Waals surface area contributed by atoms with Gasteiger partial charge in [-0.3, -0.25) is 24.8 Å². The molecule has 2 aromatic rings. The molecular formula is C26H28N4O6. The van der Waals surface area contributed by atoms with Crippen molar-refractivity contribution in [2.45, 2.75) is 33.4 Å². The van der Waals surface area contributed by atoms with Crippen molar-refractivity contribution >= 4 is 23.5 Å². The molecule has 3 heterocycles. The maximum Gasteiger partial charge on any atom is 0.362 e. The minimum Gasteiger partial charge on any atom is -0.385 e. The number of nitro groups is 1. The zero-order valence-electron chi connectivity index (χ0n) is 20.6. The molecule has 1 fully saturated rings. The van der Waals surface area contributed by atoms with Crippen LogP contribution >= 0.6 is 0 Å². The quantitative estimate of drug-likeness (QED) is 0.181. The number of carbonyl (C=O) groups excluding carboxylic acids is 3. The van der Waals surface area contributed by atoms with Crippen LogP contribution in [-0.4, -0.2) is 57.2 Å². The van der Waals surface area contributed by atoms with Gasteiger partial charge in [-0.05, 0) is 42.8 Å². The second-order valence-corrected chi connectivity index (χ2v) is 9.61. The number of rotatable bonds is 8. The predicted molar refractivity (Wildman–Crippen MR) is 129 cm³/mol. The summed E-state index contributed by atoms with van der Waals surface area (Å²) in [6, 6.07) is 10.3. The monoisotopic (exact) mass is 492 g/mol. The lowest BCUT2D eigenvalue weighted by atomic mass is 9.74. The van der Waals surface area contributed by atoms with Crippen LogP contribution in [0.4, 0.5) is 5.69 Å². The van der Waals surface area contributed by atoms with Crippen LogP contribution in [-0.2, 0) is 20.9 Å². The minimum atomic E-state index is -0.937. The maximum absolute atomic E-state index is 13.3. The summed E-state index contributed by atoms with van der Waals surface area (Å²) in [5.41, 5.74) is 1.52. The second-order valence-electron chi connectivity index (χ2n) is 9.61. The number of β-lactam (4-membered cyclic amide) rings is 1. The molecule has 0 N–H and O–H groups in total. The Morgan fingerprint density at radius 1 is 1.14 bits per heavy atom. The SMILES string of the molecule is CC(C)[C@H]1C(=O)N2C(C(=O)OC(=O)c3ccc([N+](=O)[O-])cc3)=C(CN(C)Cc3ccccn3)[C@H](C)[C@H]12. The number of aromatic nitrogens is 1. The van der Waals surface area contributed by atoms with Gasteiger partial charge in [-0.2, -0.15) is 0 Å². The van der Waals surface area contributed by atoms with Gasteiger partial charge in [-0.25, -0.2) is 9.59 Å². The fourth-order valence-corrected chi connectivity index (χ4v) is 5.06. The largest absolute Gasteiger partial charge is 0.385 e. The summed E-state index contributed by atoms with van der Waals surface area (Å²) in [5, 5.41) is 10.9. The molecule has 1 amide bonds. The van der Waals surface area contributed by atoms with Crippen LogP contribution in [0.3, 0.4) is 0 Å². The Morgan fingerprint density at radius 2 is 1.83 bits per heavy atom. The zero-order valence-corrected chi connectivity index (χ0v) is 20.6. The molecule has 1 aromatic heterocycles. The van der Waals surface area contributed by atoms with Gasteiger partial charge >= 0.3 is 11.9 Å². The van der Waals surface area contributed by atoms with Gasteiger partial charge < -0.3 is 9.64 Å². The molecule has 0 radical (unpaired) electrons. The average molecular weight is 493 g/mol. The van der Waals surface area contributed by atoms with Gasteiger partial charge in [0.2, 0.25) is 5.91 Å². The van der Waals surface area contributed by atoms with Crippen molar-refractivity contribution in [3.8, 4) is 0 Å². The third-order valence-electron chi connectivity index (χ3n) is 6.80. The Labute approximate surface area is 208 Å². The van der Waals surface area contributed by atoms with Crippen LogP contribution < -0.4 is 0 Å². The number of fused-ring (bicyclic) bond motifs is 1. The Kier molecular flexibility index (Phi) is 6.98. The molecule has 36 heavy (non-hydrogen) atoms. The summed E-state index contributed by atoms with van der Waals surface area (Å²) >= 11 is 0. The Bertz CT molecular complexity index is 1220. The van der Waals surface area contributed by atoms with Crippen LogP contribution in [0.2, 0.25) is 0 Å². The van der Waals surface area contributed by atoms with E-state index in [0.29, 0.717) is 13.1 Å². The number of nitrogens with zero attached hydrogens (tertiary/aromatic N) is 4. The molecule has 1 aromatic carbocycles. The summed E-state index contributed by atoms with van der Waals surface area (Å²) in [6.45, 7) is 6.87. The fourth-order valence-electron chi connectivity index (χ4n) is 5.06. The molecule has 0 saturated carbocycles. The molecule has 2 aliphatic rings. The second kappa shape index (κ2) is 9.98. The van der Waals surface area contributed by atoms with E-state index in [1.807, 2.05) is 50.9 Å². The van der Waals surface area contributed by atoms with Crippen molar-refractivity contribution in [1.82, 2.24) is 14.8 Å². The maximum atomic E-state index is 13.3. The lowest BCUT2D eigenvalue weighted by Crippen LogP contribution is -2.62. The lowest BCUT2D eigenvalue weighted by molar-refractivity contribution is -0.384. The number of likely N-dealkylation sites (N-methyl/N-ethyl adjacent to an activating group) is 1. The zero-order chi connectivity index (χ0) is 26.1. The van der Waals surface area contributed by atoms with Crippen molar-refractivity contribution < 1.29 is 24.0 Å². The Hall–Kier alpha value is -3.92. The third kappa shape index (κ3) is 4.64. The van der Waals surface area contributed by atoms with Crippen molar-refractivity contribution in [3.05, 3.63) is 81.3 Å². The smallest absolute Gasteiger partial charge is 0.362 e.